The number of H-pyrrole nitrogens is 1. The summed E-state index contributed by atoms with van der Waals surface area (Å²) >= 11 is 0. The Labute approximate surface area is 85.4 Å². The molecule has 2 rings (SSSR count). The normalized spacial score (nSPS) is 9.87. The third-order valence-corrected chi connectivity index (χ3v) is 1.77. The van der Waals surface area contributed by atoms with Gasteiger partial charge in [0.2, 0.25) is 0 Å². The predicted octanol–water partition coefficient (Wildman–Crippen LogP) is 0.172. The largest absolute Gasteiger partial charge is 0.364 e. The van der Waals surface area contributed by atoms with E-state index in [1.807, 2.05) is 0 Å². The second-order valence-electron chi connectivity index (χ2n) is 2.85. The molecule has 0 aliphatic heterocycles. The van der Waals surface area contributed by atoms with Crippen molar-refractivity contribution < 1.29 is 0 Å². The molecule has 0 saturated heterocycles. The number of aromatic nitrogens is 4. The highest BCUT2D eigenvalue weighted by Crippen LogP contribution is 1.98. The Hall–Kier alpha value is -2.24. The standard InChI is InChI=1S/C9H9N5O/c15-9-3-8(13-6-14-9)11-4-7-1-2-10-5-12-7/h1-3,5-6H,4H2,(H2,11,13,14,15). The number of rotatable bonds is 3. The topological polar surface area (TPSA) is 83.6 Å². The van der Waals surface area contributed by atoms with Crippen molar-refractivity contribution in [3.8, 4) is 0 Å². The fraction of sp³-hybridized carbons (Fsp3) is 0.111. The van der Waals surface area contributed by atoms with Gasteiger partial charge in [-0.1, -0.05) is 0 Å². The molecule has 6 nitrogen and oxygen atoms in total. The maximum Gasteiger partial charge on any atom is 0.252 e. The van der Waals surface area contributed by atoms with Crippen molar-refractivity contribution in [2.45, 2.75) is 6.54 Å². The predicted molar refractivity (Wildman–Crippen MR) is 54.2 cm³/mol. The van der Waals surface area contributed by atoms with E-state index < -0.39 is 0 Å². The van der Waals surface area contributed by atoms with Crippen LogP contribution in [0, 0.1) is 0 Å². The minimum absolute atomic E-state index is 0.185. The molecule has 0 saturated carbocycles. The van der Waals surface area contributed by atoms with Gasteiger partial charge in [-0.3, -0.25) is 4.79 Å². The Balaban J connectivity index is 2.02. The van der Waals surface area contributed by atoms with E-state index in [-0.39, 0.29) is 5.56 Å². The van der Waals surface area contributed by atoms with E-state index in [2.05, 4.69) is 25.3 Å². The van der Waals surface area contributed by atoms with Crippen molar-refractivity contribution in [3.63, 3.8) is 0 Å². The summed E-state index contributed by atoms with van der Waals surface area (Å²) in [7, 11) is 0. The lowest BCUT2D eigenvalue weighted by Gasteiger charge is -2.02. The molecule has 0 unspecified atom stereocenters. The molecule has 0 radical (unpaired) electrons. The Morgan fingerprint density at radius 1 is 1.40 bits per heavy atom. The first kappa shape index (κ1) is 9.32. The van der Waals surface area contributed by atoms with Gasteiger partial charge in [0.15, 0.2) is 0 Å². The molecule has 2 aromatic rings. The summed E-state index contributed by atoms with van der Waals surface area (Å²) in [5.74, 6) is 0.525. The first-order valence-corrected chi connectivity index (χ1v) is 4.38. The number of hydrogen-bond acceptors (Lipinski definition) is 5. The zero-order valence-corrected chi connectivity index (χ0v) is 7.84. The van der Waals surface area contributed by atoms with Crippen LogP contribution >= 0.6 is 0 Å². The highest BCUT2D eigenvalue weighted by molar-refractivity contribution is 5.32. The van der Waals surface area contributed by atoms with E-state index in [9.17, 15) is 4.79 Å². The van der Waals surface area contributed by atoms with Gasteiger partial charge >= 0.3 is 0 Å². The zero-order chi connectivity index (χ0) is 10.5. The summed E-state index contributed by atoms with van der Waals surface area (Å²) in [6, 6.07) is 3.18. The summed E-state index contributed by atoms with van der Waals surface area (Å²) in [4.78, 5) is 25.2. The van der Waals surface area contributed by atoms with Crippen molar-refractivity contribution in [3.05, 3.63) is 47.0 Å². The van der Waals surface area contributed by atoms with Crippen molar-refractivity contribution in [1.82, 2.24) is 19.9 Å². The first-order valence-electron chi connectivity index (χ1n) is 4.38. The first-order chi connectivity index (χ1) is 7.34. The summed E-state index contributed by atoms with van der Waals surface area (Å²) in [6.45, 7) is 0.513. The number of aromatic amines is 1. The second-order valence-corrected chi connectivity index (χ2v) is 2.85. The van der Waals surface area contributed by atoms with Crippen LogP contribution in [0.1, 0.15) is 5.69 Å². The zero-order valence-electron chi connectivity index (χ0n) is 7.84. The lowest BCUT2D eigenvalue weighted by Crippen LogP contribution is -2.09. The summed E-state index contributed by atoms with van der Waals surface area (Å²) in [5, 5.41) is 2.98. The SMILES string of the molecule is O=c1cc(NCc2ccncn2)nc[nH]1. The molecular weight excluding hydrogens is 194 g/mol. The van der Waals surface area contributed by atoms with Crippen molar-refractivity contribution >= 4 is 5.82 Å². The third-order valence-electron chi connectivity index (χ3n) is 1.77. The van der Waals surface area contributed by atoms with Gasteiger partial charge in [0, 0.05) is 12.3 Å². The Kier molecular flexibility index (Phi) is 2.68. The van der Waals surface area contributed by atoms with Crippen molar-refractivity contribution in [2.75, 3.05) is 5.32 Å². The molecule has 15 heavy (non-hydrogen) atoms. The van der Waals surface area contributed by atoms with E-state index in [4.69, 9.17) is 0 Å². The lowest BCUT2D eigenvalue weighted by molar-refractivity contribution is 0.987. The molecule has 0 fully saturated rings. The van der Waals surface area contributed by atoms with E-state index in [1.165, 1.54) is 18.7 Å². The monoisotopic (exact) mass is 203 g/mol. The van der Waals surface area contributed by atoms with Crippen LogP contribution in [0.5, 0.6) is 0 Å². The van der Waals surface area contributed by atoms with Crippen LogP contribution in [0.4, 0.5) is 5.82 Å². The lowest BCUT2D eigenvalue weighted by atomic mass is 10.4. The smallest absolute Gasteiger partial charge is 0.252 e. The second kappa shape index (κ2) is 4.32. The fourth-order valence-corrected chi connectivity index (χ4v) is 1.07. The molecule has 0 spiro atoms. The Bertz CT molecular complexity index is 481. The van der Waals surface area contributed by atoms with Crippen LogP contribution < -0.4 is 10.9 Å². The highest BCUT2D eigenvalue weighted by atomic mass is 16.1. The molecule has 2 N–H and O–H groups in total. The molecular formula is C9H9N5O. The Morgan fingerprint density at radius 3 is 3.07 bits per heavy atom. The van der Waals surface area contributed by atoms with Gasteiger partial charge < -0.3 is 10.3 Å². The summed E-state index contributed by atoms with van der Waals surface area (Å²) in [6.07, 6.45) is 4.49. The molecule has 0 aliphatic rings. The quantitative estimate of drug-likeness (QED) is 0.743. The molecule has 0 amide bonds. The van der Waals surface area contributed by atoms with Crippen molar-refractivity contribution in [2.24, 2.45) is 0 Å². The van der Waals surface area contributed by atoms with E-state index in [0.717, 1.165) is 5.69 Å². The molecule has 6 heteroatoms. The van der Waals surface area contributed by atoms with Crippen LogP contribution in [-0.4, -0.2) is 19.9 Å². The van der Waals surface area contributed by atoms with Gasteiger partial charge in [-0.2, -0.15) is 0 Å². The molecule has 76 valence electrons. The third kappa shape index (κ3) is 2.60. The summed E-state index contributed by atoms with van der Waals surface area (Å²) in [5.41, 5.74) is 0.655. The van der Waals surface area contributed by atoms with E-state index in [1.54, 1.807) is 12.3 Å². The minimum atomic E-state index is -0.185. The number of anilines is 1. The van der Waals surface area contributed by atoms with Gasteiger partial charge in [0.1, 0.15) is 12.1 Å². The van der Waals surface area contributed by atoms with Gasteiger partial charge in [0.05, 0.1) is 18.6 Å². The van der Waals surface area contributed by atoms with Crippen LogP contribution in [-0.2, 0) is 6.54 Å². The van der Waals surface area contributed by atoms with E-state index >= 15 is 0 Å². The van der Waals surface area contributed by atoms with Gasteiger partial charge in [-0.25, -0.2) is 15.0 Å². The molecule has 0 bridgehead atoms. The average molecular weight is 203 g/mol. The van der Waals surface area contributed by atoms with Gasteiger partial charge in [-0.05, 0) is 6.07 Å². The molecule has 0 aromatic carbocycles. The van der Waals surface area contributed by atoms with Gasteiger partial charge in [-0.15, -0.1) is 0 Å². The van der Waals surface area contributed by atoms with Crippen LogP contribution in [0.25, 0.3) is 0 Å². The number of hydrogen-bond donors (Lipinski definition) is 2. The maximum absolute atomic E-state index is 10.9. The van der Waals surface area contributed by atoms with E-state index in [0.29, 0.717) is 12.4 Å². The maximum atomic E-state index is 10.9. The van der Waals surface area contributed by atoms with Crippen LogP contribution in [0.2, 0.25) is 0 Å². The number of nitrogens with one attached hydrogen (secondary N) is 2. The van der Waals surface area contributed by atoms with Crippen molar-refractivity contribution in [1.29, 1.82) is 0 Å². The van der Waals surface area contributed by atoms with Crippen LogP contribution in [0.3, 0.4) is 0 Å². The highest BCUT2D eigenvalue weighted by Gasteiger charge is 1.95. The van der Waals surface area contributed by atoms with Gasteiger partial charge in [0.25, 0.3) is 5.56 Å². The summed E-state index contributed by atoms with van der Waals surface area (Å²) < 4.78 is 0. The average Bonchev–Trinajstić information content (AvgIpc) is 2.28. The molecule has 2 aromatic heterocycles. The molecule has 2 heterocycles. The Morgan fingerprint density at radius 2 is 2.33 bits per heavy atom. The van der Waals surface area contributed by atoms with Crippen LogP contribution in [0.15, 0.2) is 35.8 Å². The molecule has 0 aliphatic carbocycles. The minimum Gasteiger partial charge on any atom is -0.364 e. The molecule has 0 atom stereocenters. The fourth-order valence-electron chi connectivity index (χ4n) is 1.07. The number of nitrogens with zero attached hydrogens (tertiary/aromatic N) is 3.